The molecule has 0 atom stereocenters. The summed E-state index contributed by atoms with van der Waals surface area (Å²) < 4.78 is 11.6. The maximum Gasteiger partial charge on any atom is 0.146 e. The quantitative estimate of drug-likeness (QED) is 0.869. The molecule has 3 heteroatoms. The molecule has 1 N–H and O–H groups in total. The molecule has 1 aliphatic rings. The van der Waals surface area contributed by atoms with E-state index in [1.807, 2.05) is 12.1 Å². The van der Waals surface area contributed by atoms with Crippen molar-refractivity contribution in [3.8, 4) is 5.75 Å². The van der Waals surface area contributed by atoms with Gasteiger partial charge in [0.05, 0.1) is 6.54 Å². The summed E-state index contributed by atoms with van der Waals surface area (Å²) in [5, 5.41) is 3.44. The highest BCUT2D eigenvalue weighted by atomic mass is 16.5. The van der Waals surface area contributed by atoms with Gasteiger partial charge < -0.3 is 14.5 Å². The van der Waals surface area contributed by atoms with Crippen molar-refractivity contribution in [3.05, 3.63) is 53.0 Å². The van der Waals surface area contributed by atoms with E-state index in [9.17, 15) is 0 Å². The van der Waals surface area contributed by atoms with Crippen LogP contribution in [0, 0.1) is 13.8 Å². The Morgan fingerprint density at radius 2 is 1.95 bits per heavy atom. The van der Waals surface area contributed by atoms with Gasteiger partial charge in [-0.3, -0.25) is 0 Å². The second kappa shape index (κ2) is 5.71. The molecule has 1 aromatic carbocycles. The number of hydrogen-bond donors (Lipinski definition) is 1. The molecule has 0 spiro atoms. The molecular weight excluding hydrogens is 250 g/mol. The first-order valence-electron chi connectivity index (χ1n) is 7.22. The van der Waals surface area contributed by atoms with E-state index in [0.29, 0.717) is 12.6 Å². The molecule has 2 aromatic rings. The van der Waals surface area contributed by atoms with Gasteiger partial charge in [-0.25, -0.2) is 0 Å². The van der Waals surface area contributed by atoms with Crippen molar-refractivity contribution in [1.82, 2.24) is 5.32 Å². The van der Waals surface area contributed by atoms with E-state index >= 15 is 0 Å². The topological polar surface area (TPSA) is 34.4 Å². The summed E-state index contributed by atoms with van der Waals surface area (Å²) >= 11 is 0. The van der Waals surface area contributed by atoms with E-state index in [4.69, 9.17) is 9.15 Å². The van der Waals surface area contributed by atoms with Crippen molar-refractivity contribution in [3.63, 3.8) is 0 Å². The number of hydrogen-bond acceptors (Lipinski definition) is 3. The molecule has 3 rings (SSSR count). The monoisotopic (exact) mass is 271 g/mol. The van der Waals surface area contributed by atoms with Crippen LogP contribution in [-0.2, 0) is 13.2 Å². The first-order valence-corrected chi connectivity index (χ1v) is 7.22. The van der Waals surface area contributed by atoms with Crippen LogP contribution in [-0.4, -0.2) is 6.04 Å². The standard InChI is InChI=1S/C17H21NO2/c1-12-3-4-13(2)17(9-12)19-11-16-8-7-15(20-16)10-18-14-5-6-14/h3-4,7-9,14,18H,5-6,10-11H2,1-2H3. The molecule has 1 heterocycles. The fraction of sp³-hybridized carbons (Fsp3) is 0.412. The summed E-state index contributed by atoms with van der Waals surface area (Å²) in [5.41, 5.74) is 2.36. The fourth-order valence-corrected chi connectivity index (χ4v) is 2.14. The Balaban J connectivity index is 1.55. The summed E-state index contributed by atoms with van der Waals surface area (Å²) in [6.45, 7) is 5.42. The molecule has 1 fully saturated rings. The lowest BCUT2D eigenvalue weighted by Gasteiger charge is -2.08. The molecule has 1 aromatic heterocycles. The zero-order valence-electron chi connectivity index (χ0n) is 12.1. The predicted octanol–water partition coefficient (Wildman–Crippen LogP) is 3.73. The van der Waals surface area contributed by atoms with E-state index in [2.05, 4.69) is 37.4 Å². The van der Waals surface area contributed by atoms with E-state index in [1.165, 1.54) is 18.4 Å². The average molecular weight is 271 g/mol. The van der Waals surface area contributed by atoms with Crippen molar-refractivity contribution in [2.75, 3.05) is 0 Å². The maximum absolute atomic E-state index is 5.84. The van der Waals surface area contributed by atoms with Gasteiger partial charge in [-0.2, -0.15) is 0 Å². The molecule has 0 saturated heterocycles. The third kappa shape index (κ3) is 3.42. The minimum absolute atomic E-state index is 0.480. The van der Waals surface area contributed by atoms with Gasteiger partial charge in [0, 0.05) is 6.04 Å². The van der Waals surface area contributed by atoms with Crippen molar-refractivity contribution < 1.29 is 9.15 Å². The zero-order valence-corrected chi connectivity index (χ0v) is 12.1. The summed E-state index contributed by atoms with van der Waals surface area (Å²) in [4.78, 5) is 0. The highest BCUT2D eigenvalue weighted by molar-refractivity contribution is 5.36. The minimum Gasteiger partial charge on any atom is -0.485 e. The summed E-state index contributed by atoms with van der Waals surface area (Å²) in [7, 11) is 0. The van der Waals surface area contributed by atoms with Crippen LogP contribution >= 0.6 is 0 Å². The Morgan fingerprint density at radius 3 is 2.75 bits per heavy atom. The highest BCUT2D eigenvalue weighted by Crippen LogP contribution is 2.22. The Morgan fingerprint density at radius 1 is 1.15 bits per heavy atom. The Kier molecular flexibility index (Phi) is 3.79. The van der Waals surface area contributed by atoms with Gasteiger partial charge in [-0.15, -0.1) is 0 Å². The van der Waals surface area contributed by atoms with Crippen molar-refractivity contribution in [2.24, 2.45) is 0 Å². The molecule has 0 radical (unpaired) electrons. The van der Waals surface area contributed by atoms with Crippen LogP contribution in [0.2, 0.25) is 0 Å². The lowest BCUT2D eigenvalue weighted by atomic mass is 10.1. The molecule has 106 valence electrons. The van der Waals surface area contributed by atoms with Crippen molar-refractivity contribution in [1.29, 1.82) is 0 Å². The van der Waals surface area contributed by atoms with Crippen LogP contribution in [0.4, 0.5) is 0 Å². The first-order chi connectivity index (χ1) is 9.70. The normalized spacial score (nSPS) is 14.5. The zero-order chi connectivity index (χ0) is 13.9. The van der Waals surface area contributed by atoms with E-state index in [0.717, 1.165) is 29.4 Å². The van der Waals surface area contributed by atoms with Crippen molar-refractivity contribution in [2.45, 2.75) is 45.9 Å². The molecular formula is C17H21NO2. The summed E-state index contributed by atoms with van der Waals surface area (Å²) in [6.07, 6.45) is 2.59. The van der Waals surface area contributed by atoms with Crippen LogP contribution in [0.1, 0.15) is 35.5 Å². The highest BCUT2D eigenvalue weighted by Gasteiger charge is 2.20. The average Bonchev–Trinajstić information content (AvgIpc) is 3.16. The molecule has 1 saturated carbocycles. The van der Waals surface area contributed by atoms with E-state index in [1.54, 1.807) is 0 Å². The minimum atomic E-state index is 0.480. The van der Waals surface area contributed by atoms with Crippen LogP contribution < -0.4 is 10.1 Å². The lowest BCUT2D eigenvalue weighted by Crippen LogP contribution is -2.14. The number of benzene rings is 1. The Labute approximate surface area is 119 Å². The number of furan rings is 1. The third-order valence-corrected chi connectivity index (χ3v) is 3.57. The molecule has 0 amide bonds. The SMILES string of the molecule is Cc1ccc(C)c(OCc2ccc(CNC3CC3)o2)c1. The summed E-state index contributed by atoms with van der Waals surface area (Å²) in [5.74, 6) is 2.79. The molecule has 0 aliphatic heterocycles. The Bertz CT molecular complexity index is 584. The molecule has 1 aliphatic carbocycles. The largest absolute Gasteiger partial charge is 0.485 e. The van der Waals surface area contributed by atoms with Gasteiger partial charge in [0.25, 0.3) is 0 Å². The van der Waals surface area contributed by atoms with Crippen LogP contribution in [0.15, 0.2) is 34.7 Å². The smallest absolute Gasteiger partial charge is 0.146 e. The molecule has 0 unspecified atom stereocenters. The lowest BCUT2D eigenvalue weighted by molar-refractivity contribution is 0.263. The third-order valence-electron chi connectivity index (χ3n) is 3.57. The first kappa shape index (κ1) is 13.3. The number of aryl methyl sites for hydroxylation is 2. The number of ether oxygens (including phenoxy) is 1. The number of rotatable bonds is 6. The van der Waals surface area contributed by atoms with Crippen molar-refractivity contribution >= 4 is 0 Å². The van der Waals surface area contributed by atoms with Gasteiger partial charge in [0.1, 0.15) is 23.9 Å². The van der Waals surface area contributed by atoms with E-state index < -0.39 is 0 Å². The van der Waals surface area contributed by atoms with Gasteiger partial charge in [-0.05, 0) is 56.0 Å². The second-order valence-corrected chi connectivity index (χ2v) is 5.58. The van der Waals surface area contributed by atoms with Gasteiger partial charge >= 0.3 is 0 Å². The second-order valence-electron chi connectivity index (χ2n) is 5.58. The molecule has 0 bridgehead atoms. The summed E-state index contributed by atoms with van der Waals surface area (Å²) in [6, 6.07) is 11.0. The number of nitrogens with one attached hydrogen (secondary N) is 1. The van der Waals surface area contributed by atoms with Gasteiger partial charge in [-0.1, -0.05) is 12.1 Å². The van der Waals surface area contributed by atoms with Crippen LogP contribution in [0.25, 0.3) is 0 Å². The van der Waals surface area contributed by atoms with Gasteiger partial charge in [0.2, 0.25) is 0 Å². The van der Waals surface area contributed by atoms with Crippen LogP contribution in [0.5, 0.6) is 5.75 Å². The van der Waals surface area contributed by atoms with Crippen LogP contribution in [0.3, 0.4) is 0 Å². The molecule has 3 nitrogen and oxygen atoms in total. The Hall–Kier alpha value is -1.74. The maximum atomic E-state index is 5.84. The fourth-order valence-electron chi connectivity index (χ4n) is 2.14. The molecule has 20 heavy (non-hydrogen) atoms. The predicted molar refractivity (Wildman–Crippen MR) is 78.8 cm³/mol. The van der Waals surface area contributed by atoms with E-state index in [-0.39, 0.29) is 0 Å². The van der Waals surface area contributed by atoms with Gasteiger partial charge in [0.15, 0.2) is 0 Å².